The van der Waals surface area contributed by atoms with Crippen LogP contribution >= 0.6 is 0 Å². The number of anilines is 2. The zero-order valence-electron chi connectivity index (χ0n) is 11.1. The summed E-state index contributed by atoms with van der Waals surface area (Å²) in [6.07, 6.45) is 6.01. The normalized spacial score (nSPS) is 11.2. The largest absolute Gasteiger partial charge is 0.385 e. The van der Waals surface area contributed by atoms with Crippen LogP contribution < -0.4 is 10.0 Å². The first kappa shape index (κ1) is 14.8. The van der Waals surface area contributed by atoms with Gasteiger partial charge in [-0.3, -0.25) is 4.72 Å². The highest BCUT2D eigenvalue weighted by molar-refractivity contribution is 7.92. The second kappa shape index (κ2) is 7.26. The molecule has 1 aromatic rings. The van der Waals surface area contributed by atoms with Crippen molar-refractivity contribution in [3.05, 3.63) is 24.3 Å². The monoisotopic (exact) mass is 270 g/mol. The quantitative estimate of drug-likeness (QED) is 0.714. The zero-order valence-corrected chi connectivity index (χ0v) is 11.9. The van der Waals surface area contributed by atoms with Crippen molar-refractivity contribution in [2.45, 2.75) is 32.6 Å². The van der Waals surface area contributed by atoms with Gasteiger partial charge in [0.05, 0.1) is 11.9 Å². The second-order valence-electron chi connectivity index (χ2n) is 4.44. The van der Waals surface area contributed by atoms with Crippen molar-refractivity contribution in [1.29, 1.82) is 0 Å². The molecule has 0 radical (unpaired) electrons. The Kier molecular flexibility index (Phi) is 5.98. The van der Waals surface area contributed by atoms with Gasteiger partial charge in [-0.05, 0) is 24.6 Å². The average molecular weight is 270 g/mol. The van der Waals surface area contributed by atoms with Crippen LogP contribution in [0.15, 0.2) is 24.3 Å². The van der Waals surface area contributed by atoms with Gasteiger partial charge in [0, 0.05) is 12.2 Å². The van der Waals surface area contributed by atoms with Crippen LogP contribution in [-0.2, 0) is 10.0 Å². The maximum atomic E-state index is 11.1. The number of nitrogens with one attached hydrogen (secondary N) is 2. The van der Waals surface area contributed by atoms with E-state index >= 15 is 0 Å². The van der Waals surface area contributed by atoms with Crippen molar-refractivity contribution in [2.24, 2.45) is 0 Å². The van der Waals surface area contributed by atoms with E-state index in [4.69, 9.17) is 0 Å². The van der Waals surface area contributed by atoms with Crippen LogP contribution in [0.3, 0.4) is 0 Å². The lowest BCUT2D eigenvalue weighted by Gasteiger charge is -2.09. The van der Waals surface area contributed by atoms with E-state index in [1.807, 2.05) is 12.1 Å². The first-order valence-electron chi connectivity index (χ1n) is 6.33. The number of rotatable bonds is 8. The third kappa shape index (κ3) is 6.49. The molecule has 0 unspecified atom stereocenters. The number of benzene rings is 1. The predicted octanol–water partition coefficient (Wildman–Crippen LogP) is 3.05. The molecule has 0 aromatic heterocycles. The first-order chi connectivity index (χ1) is 8.51. The van der Waals surface area contributed by atoms with Gasteiger partial charge >= 0.3 is 0 Å². The van der Waals surface area contributed by atoms with E-state index in [0.717, 1.165) is 24.9 Å². The molecule has 0 aliphatic rings. The molecule has 0 fully saturated rings. The molecule has 0 heterocycles. The summed E-state index contributed by atoms with van der Waals surface area (Å²) >= 11 is 0. The van der Waals surface area contributed by atoms with Gasteiger partial charge in [0.1, 0.15) is 0 Å². The van der Waals surface area contributed by atoms with Gasteiger partial charge in [0.2, 0.25) is 10.0 Å². The third-order valence-electron chi connectivity index (χ3n) is 2.53. The van der Waals surface area contributed by atoms with Crippen LogP contribution in [0.2, 0.25) is 0 Å². The van der Waals surface area contributed by atoms with Crippen molar-refractivity contribution in [3.63, 3.8) is 0 Å². The van der Waals surface area contributed by atoms with Crippen molar-refractivity contribution >= 4 is 21.4 Å². The van der Waals surface area contributed by atoms with E-state index < -0.39 is 10.0 Å². The van der Waals surface area contributed by atoms with Crippen molar-refractivity contribution in [3.8, 4) is 0 Å². The molecule has 18 heavy (non-hydrogen) atoms. The molecule has 0 saturated carbocycles. The van der Waals surface area contributed by atoms with Crippen LogP contribution in [0, 0.1) is 0 Å². The molecule has 1 rings (SSSR count). The molecule has 0 amide bonds. The summed E-state index contributed by atoms with van der Waals surface area (Å²) in [4.78, 5) is 0. The molecule has 0 spiro atoms. The maximum Gasteiger partial charge on any atom is 0.229 e. The molecule has 0 atom stereocenters. The predicted molar refractivity (Wildman–Crippen MR) is 77.5 cm³/mol. The summed E-state index contributed by atoms with van der Waals surface area (Å²) in [7, 11) is -3.20. The molecule has 0 aliphatic carbocycles. The summed E-state index contributed by atoms with van der Waals surface area (Å²) in [5, 5.41) is 3.29. The summed E-state index contributed by atoms with van der Waals surface area (Å²) in [6.45, 7) is 3.11. The lowest BCUT2D eigenvalue weighted by molar-refractivity contribution is 0.607. The van der Waals surface area contributed by atoms with Crippen LogP contribution in [-0.4, -0.2) is 21.2 Å². The van der Waals surface area contributed by atoms with Crippen LogP contribution in [0.25, 0.3) is 0 Å². The highest BCUT2D eigenvalue weighted by Gasteiger charge is 2.01. The number of unbranched alkanes of at least 4 members (excludes halogenated alkanes) is 3. The second-order valence-corrected chi connectivity index (χ2v) is 6.19. The maximum absolute atomic E-state index is 11.1. The van der Waals surface area contributed by atoms with E-state index in [-0.39, 0.29) is 0 Å². The molecule has 1 aromatic carbocycles. The Morgan fingerprint density at radius 3 is 2.50 bits per heavy atom. The summed E-state index contributed by atoms with van der Waals surface area (Å²) in [6, 6.07) is 7.32. The lowest BCUT2D eigenvalue weighted by Crippen LogP contribution is -2.10. The van der Waals surface area contributed by atoms with Gasteiger partial charge in [-0.15, -0.1) is 0 Å². The van der Waals surface area contributed by atoms with Crippen molar-refractivity contribution < 1.29 is 8.42 Å². The van der Waals surface area contributed by atoms with E-state index in [9.17, 15) is 8.42 Å². The minimum atomic E-state index is -3.20. The van der Waals surface area contributed by atoms with Gasteiger partial charge in [-0.25, -0.2) is 8.42 Å². The van der Waals surface area contributed by atoms with Crippen molar-refractivity contribution in [2.75, 3.05) is 22.8 Å². The van der Waals surface area contributed by atoms with Crippen LogP contribution in [0.1, 0.15) is 32.6 Å². The molecule has 4 nitrogen and oxygen atoms in total. The molecule has 5 heteroatoms. The highest BCUT2D eigenvalue weighted by atomic mass is 32.2. The lowest BCUT2D eigenvalue weighted by atomic mass is 10.2. The van der Waals surface area contributed by atoms with Gasteiger partial charge in [-0.1, -0.05) is 32.3 Å². The summed E-state index contributed by atoms with van der Waals surface area (Å²) < 4.78 is 24.7. The average Bonchev–Trinajstić information content (AvgIpc) is 2.27. The van der Waals surface area contributed by atoms with Gasteiger partial charge in [0.25, 0.3) is 0 Å². The fourth-order valence-corrected chi connectivity index (χ4v) is 2.25. The van der Waals surface area contributed by atoms with E-state index in [1.54, 1.807) is 12.1 Å². The molecule has 0 saturated heterocycles. The van der Waals surface area contributed by atoms with Crippen LogP contribution in [0.4, 0.5) is 11.4 Å². The topological polar surface area (TPSA) is 58.2 Å². The van der Waals surface area contributed by atoms with Gasteiger partial charge in [-0.2, -0.15) is 0 Å². The fraction of sp³-hybridized carbons (Fsp3) is 0.538. The molecule has 0 aliphatic heterocycles. The number of hydrogen-bond donors (Lipinski definition) is 2. The minimum absolute atomic E-state index is 0.594. The summed E-state index contributed by atoms with van der Waals surface area (Å²) in [5.41, 5.74) is 1.54. The smallest absolute Gasteiger partial charge is 0.229 e. The molecular formula is C13H22N2O2S. The Morgan fingerprint density at radius 2 is 1.83 bits per heavy atom. The SMILES string of the molecule is CCCCCCNc1cccc(NS(C)(=O)=O)c1. The molecule has 0 bridgehead atoms. The first-order valence-corrected chi connectivity index (χ1v) is 8.22. The van der Waals surface area contributed by atoms with Gasteiger partial charge < -0.3 is 5.32 Å². The summed E-state index contributed by atoms with van der Waals surface area (Å²) in [5.74, 6) is 0. The Hall–Kier alpha value is -1.23. The number of sulfonamides is 1. The minimum Gasteiger partial charge on any atom is -0.385 e. The zero-order chi connectivity index (χ0) is 13.4. The third-order valence-corrected chi connectivity index (χ3v) is 3.13. The standard InChI is InChI=1S/C13H22N2O2S/c1-3-4-5-6-10-14-12-8-7-9-13(11-12)15-18(2,16)17/h7-9,11,14-15H,3-6,10H2,1-2H3. The Morgan fingerprint density at radius 1 is 1.11 bits per heavy atom. The molecule has 2 N–H and O–H groups in total. The fourth-order valence-electron chi connectivity index (χ4n) is 1.69. The number of hydrogen-bond acceptors (Lipinski definition) is 3. The van der Waals surface area contributed by atoms with E-state index in [1.165, 1.54) is 19.3 Å². The van der Waals surface area contributed by atoms with Crippen LogP contribution in [0.5, 0.6) is 0 Å². The molecular weight excluding hydrogens is 248 g/mol. The Bertz CT molecular complexity index is 458. The highest BCUT2D eigenvalue weighted by Crippen LogP contribution is 2.16. The van der Waals surface area contributed by atoms with E-state index in [0.29, 0.717) is 5.69 Å². The Labute approximate surface area is 110 Å². The Balaban J connectivity index is 2.44. The van der Waals surface area contributed by atoms with E-state index in [2.05, 4.69) is 17.0 Å². The van der Waals surface area contributed by atoms with Crippen molar-refractivity contribution in [1.82, 2.24) is 0 Å². The van der Waals surface area contributed by atoms with Gasteiger partial charge in [0.15, 0.2) is 0 Å². The molecule has 102 valence electrons.